The van der Waals surface area contributed by atoms with Crippen molar-refractivity contribution >= 4 is 32.6 Å². The quantitative estimate of drug-likeness (QED) is 0.186. The van der Waals surface area contributed by atoms with Gasteiger partial charge in [0.1, 0.15) is 0 Å². The summed E-state index contributed by atoms with van der Waals surface area (Å²) in [5, 5.41) is 4.85. The van der Waals surface area contributed by atoms with Gasteiger partial charge in [-0.05, 0) is 92.4 Å². The van der Waals surface area contributed by atoms with E-state index >= 15 is 0 Å². The molecule has 0 N–H and O–H groups in total. The maximum absolute atomic E-state index is 5.07. The average Bonchev–Trinajstić information content (AvgIpc) is 3.53. The standard InChI is InChI=1S/C49H38N4/c1-48(2)41-20-12-10-18-37(41)39-29-40-38-19-11-13-21-43(38)53(44(40)30-42(39)49(48,3)4)36-26-24-33(25-27-36)46-50-45(32-15-6-5-7-16-32)51-47(52-46)35-23-22-31-14-8-9-17-34(31)28-35/h5-30H,1-4H3. The summed E-state index contributed by atoms with van der Waals surface area (Å²) < 4.78 is 2.42. The molecule has 9 aromatic rings. The van der Waals surface area contributed by atoms with Crippen molar-refractivity contribution in [1.29, 1.82) is 0 Å². The summed E-state index contributed by atoms with van der Waals surface area (Å²) in [7, 11) is 0. The van der Waals surface area contributed by atoms with E-state index in [4.69, 9.17) is 15.0 Å². The smallest absolute Gasteiger partial charge is 0.164 e. The minimum absolute atomic E-state index is 0.0440. The van der Waals surface area contributed by atoms with Crippen LogP contribution in [0.25, 0.3) is 83.6 Å². The highest BCUT2D eigenvalue weighted by atomic mass is 15.0. The number of nitrogens with zero attached hydrogens (tertiary/aromatic N) is 4. The first-order valence-electron chi connectivity index (χ1n) is 18.4. The molecule has 0 amide bonds. The van der Waals surface area contributed by atoms with Gasteiger partial charge in [0.25, 0.3) is 0 Å². The molecule has 2 heterocycles. The lowest BCUT2D eigenvalue weighted by Crippen LogP contribution is -2.43. The minimum Gasteiger partial charge on any atom is -0.309 e. The first kappa shape index (κ1) is 31.4. The van der Waals surface area contributed by atoms with E-state index in [9.17, 15) is 0 Å². The van der Waals surface area contributed by atoms with E-state index in [1.165, 1.54) is 49.4 Å². The second kappa shape index (κ2) is 11.6. The van der Waals surface area contributed by atoms with Gasteiger partial charge in [0.2, 0.25) is 0 Å². The fourth-order valence-corrected chi connectivity index (χ4v) is 8.41. The van der Waals surface area contributed by atoms with Crippen LogP contribution in [0.4, 0.5) is 0 Å². The normalized spacial score (nSPS) is 14.3. The summed E-state index contributed by atoms with van der Waals surface area (Å²) in [6.45, 7) is 9.59. The highest BCUT2D eigenvalue weighted by Crippen LogP contribution is 2.55. The predicted octanol–water partition coefficient (Wildman–Crippen LogP) is 12.4. The van der Waals surface area contributed by atoms with Gasteiger partial charge in [0, 0.05) is 33.2 Å². The zero-order valence-corrected chi connectivity index (χ0v) is 30.3. The number of aromatic nitrogens is 4. The van der Waals surface area contributed by atoms with Gasteiger partial charge < -0.3 is 4.57 Å². The molecule has 1 aliphatic carbocycles. The van der Waals surface area contributed by atoms with Gasteiger partial charge in [0.15, 0.2) is 17.5 Å². The Kier molecular flexibility index (Phi) is 6.84. The molecule has 4 nitrogen and oxygen atoms in total. The molecule has 0 radical (unpaired) electrons. The molecule has 4 heteroatoms. The van der Waals surface area contributed by atoms with E-state index in [2.05, 4.69) is 160 Å². The van der Waals surface area contributed by atoms with Crippen molar-refractivity contribution in [3.8, 4) is 51.0 Å². The summed E-state index contributed by atoms with van der Waals surface area (Å²) in [6.07, 6.45) is 0. The molecule has 0 atom stereocenters. The molecular formula is C49H38N4. The van der Waals surface area contributed by atoms with E-state index in [1.54, 1.807) is 0 Å². The van der Waals surface area contributed by atoms with Gasteiger partial charge in [0.05, 0.1) is 11.0 Å². The van der Waals surface area contributed by atoms with Crippen LogP contribution in [0.2, 0.25) is 0 Å². The summed E-state index contributed by atoms with van der Waals surface area (Å²) in [6, 6.07) is 56.3. The average molecular weight is 683 g/mol. The second-order valence-corrected chi connectivity index (χ2v) is 15.3. The summed E-state index contributed by atoms with van der Waals surface area (Å²) in [5.41, 5.74) is 11.7. The van der Waals surface area contributed by atoms with E-state index < -0.39 is 0 Å². The van der Waals surface area contributed by atoms with E-state index in [0.29, 0.717) is 17.5 Å². The minimum atomic E-state index is -0.0894. The number of hydrogen-bond donors (Lipinski definition) is 0. The van der Waals surface area contributed by atoms with Crippen molar-refractivity contribution in [3.05, 3.63) is 169 Å². The topological polar surface area (TPSA) is 43.6 Å². The molecule has 0 saturated heterocycles. The fourth-order valence-electron chi connectivity index (χ4n) is 8.41. The Balaban J connectivity index is 1.13. The van der Waals surface area contributed by atoms with Gasteiger partial charge in [-0.25, -0.2) is 15.0 Å². The number of hydrogen-bond acceptors (Lipinski definition) is 3. The Morgan fingerprint density at radius 3 is 1.75 bits per heavy atom. The molecule has 0 aliphatic heterocycles. The van der Waals surface area contributed by atoms with Crippen molar-refractivity contribution in [2.24, 2.45) is 0 Å². The number of rotatable bonds is 4. The number of benzene rings is 7. The Hall–Kier alpha value is -6.39. The van der Waals surface area contributed by atoms with Crippen LogP contribution in [-0.2, 0) is 10.8 Å². The number of fused-ring (bicyclic) bond motifs is 7. The van der Waals surface area contributed by atoms with Crippen molar-refractivity contribution in [3.63, 3.8) is 0 Å². The molecule has 0 unspecified atom stereocenters. The molecule has 1 aliphatic rings. The monoisotopic (exact) mass is 682 g/mol. The van der Waals surface area contributed by atoms with Crippen LogP contribution in [0.15, 0.2) is 158 Å². The Morgan fingerprint density at radius 2 is 0.981 bits per heavy atom. The fraction of sp³-hybridized carbons (Fsp3) is 0.122. The Morgan fingerprint density at radius 1 is 0.396 bits per heavy atom. The number of para-hydroxylation sites is 1. The molecule has 0 spiro atoms. The zero-order valence-electron chi connectivity index (χ0n) is 30.3. The van der Waals surface area contributed by atoms with Gasteiger partial charge in [-0.2, -0.15) is 0 Å². The Labute approximate surface area is 309 Å². The third kappa shape index (κ3) is 4.79. The third-order valence-electron chi connectivity index (χ3n) is 12.0. The van der Waals surface area contributed by atoms with Crippen LogP contribution in [0, 0.1) is 0 Å². The van der Waals surface area contributed by atoms with Gasteiger partial charge in [-0.1, -0.05) is 137 Å². The summed E-state index contributed by atoms with van der Waals surface area (Å²) in [4.78, 5) is 15.1. The Bertz CT molecular complexity index is 2880. The summed E-state index contributed by atoms with van der Waals surface area (Å²) in [5.74, 6) is 1.96. The molecular weight excluding hydrogens is 645 g/mol. The largest absolute Gasteiger partial charge is 0.309 e. The highest BCUT2D eigenvalue weighted by Gasteiger charge is 2.46. The lowest BCUT2D eigenvalue weighted by Gasteiger charge is -2.48. The van der Waals surface area contributed by atoms with Crippen molar-refractivity contribution in [2.75, 3.05) is 0 Å². The lowest BCUT2D eigenvalue weighted by atomic mass is 9.55. The van der Waals surface area contributed by atoms with Crippen LogP contribution in [0.5, 0.6) is 0 Å². The predicted molar refractivity (Wildman–Crippen MR) is 219 cm³/mol. The van der Waals surface area contributed by atoms with Gasteiger partial charge >= 0.3 is 0 Å². The molecule has 254 valence electrons. The zero-order chi connectivity index (χ0) is 35.9. The van der Waals surface area contributed by atoms with E-state index in [1.807, 2.05) is 30.3 Å². The van der Waals surface area contributed by atoms with Crippen LogP contribution >= 0.6 is 0 Å². The van der Waals surface area contributed by atoms with Crippen molar-refractivity contribution < 1.29 is 0 Å². The lowest BCUT2D eigenvalue weighted by molar-refractivity contribution is 0.299. The van der Waals surface area contributed by atoms with Gasteiger partial charge in [-0.15, -0.1) is 0 Å². The van der Waals surface area contributed by atoms with Crippen LogP contribution in [0.3, 0.4) is 0 Å². The molecule has 0 fully saturated rings. The molecule has 0 bridgehead atoms. The molecule has 53 heavy (non-hydrogen) atoms. The first-order valence-corrected chi connectivity index (χ1v) is 18.4. The maximum atomic E-state index is 5.07. The van der Waals surface area contributed by atoms with Crippen molar-refractivity contribution in [1.82, 2.24) is 19.5 Å². The van der Waals surface area contributed by atoms with E-state index in [0.717, 1.165) is 27.8 Å². The van der Waals surface area contributed by atoms with Crippen LogP contribution in [0.1, 0.15) is 38.8 Å². The van der Waals surface area contributed by atoms with Crippen LogP contribution in [-0.4, -0.2) is 19.5 Å². The van der Waals surface area contributed by atoms with Crippen LogP contribution < -0.4 is 0 Å². The van der Waals surface area contributed by atoms with E-state index in [-0.39, 0.29) is 10.8 Å². The SMILES string of the molecule is CC1(C)c2ccccc2-c2cc3c4ccccc4n(-c4ccc(-c5nc(-c6ccccc6)nc(-c6ccc7ccccc7c6)n5)cc4)c3cc2C1(C)C. The third-order valence-corrected chi connectivity index (χ3v) is 12.0. The maximum Gasteiger partial charge on any atom is 0.164 e. The summed E-state index contributed by atoms with van der Waals surface area (Å²) >= 11 is 0. The molecule has 2 aromatic heterocycles. The molecule has 10 rings (SSSR count). The highest BCUT2D eigenvalue weighted by molar-refractivity contribution is 6.11. The van der Waals surface area contributed by atoms with Gasteiger partial charge in [-0.3, -0.25) is 0 Å². The molecule has 7 aromatic carbocycles. The molecule has 0 saturated carbocycles. The van der Waals surface area contributed by atoms with Crippen molar-refractivity contribution in [2.45, 2.75) is 38.5 Å². The second-order valence-electron chi connectivity index (χ2n) is 15.3. The first-order chi connectivity index (χ1) is 25.8.